The molecule has 0 aliphatic rings. The maximum absolute atomic E-state index is 12.3. The number of benzene rings is 1. The third-order valence-corrected chi connectivity index (χ3v) is 3.05. The fourth-order valence-corrected chi connectivity index (χ4v) is 1.89. The Kier molecular flexibility index (Phi) is 6.83. The van der Waals surface area contributed by atoms with Crippen LogP contribution >= 0.6 is 0 Å². The second-order valence-corrected chi connectivity index (χ2v) is 5.40. The molecule has 1 rings (SSSR count). The van der Waals surface area contributed by atoms with Gasteiger partial charge in [0.1, 0.15) is 0 Å². The van der Waals surface area contributed by atoms with E-state index in [-0.39, 0.29) is 11.9 Å². The highest BCUT2D eigenvalue weighted by Crippen LogP contribution is 2.10. The third kappa shape index (κ3) is 5.46. The summed E-state index contributed by atoms with van der Waals surface area (Å²) in [6, 6.07) is 7.53. The Labute approximate surface area is 121 Å². The van der Waals surface area contributed by atoms with Crippen molar-refractivity contribution in [3.8, 4) is 11.8 Å². The van der Waals surface area contributed by atoms with Gasteiger partial charge in [0.2, 0.25) is 0 Å². The maximum Gasteiger partial charge on any atom is 0.252 e. The highest BCUT2D eigenvalue weighted by atomic mass is 16.1. The molecule has 0 fully saturated rings. The van der Waals surface area contributed by atoms with Gasteiger partial charge in [-0.15, -0.1) is 0 Å². The predicted molar refractivity (Wildman–Crippen MR) is 83.4 cm³/mol. The molecule has 3 heteroatoms. The van der Waals surface area contributed by atoms with Crippen molar-refractivity contribution in [2.24, 2.45) is 11.7 Å². The molecule has 0 aliphatic heterocycles. The summed E-state index contributed by atoms with van der Waals surface area (Å²) < 4.78 is 0. The summed E-state index contributed by atoms with van der Waals surface area (Å²) in [5.74, 6) is 6.32. The Morgan fingerprint density at radius 3 is 2.60 bits per heavy atom. The molecule has 0 spiro atoms. The van der Waals surface area contributed by atoms with Crippen LogP contribution in [0.15, 0.2) is 24.3 Å². The number of nitrogens with two attached hydrogens (primary N) is 1. The normalized spacial score (nSPS) is 11.7. The molecule has 0 saturated carbocycles. The van der Waals surface area contributed by atoms with Crippen LogP contribution in [0.3, 0.4) is 0 Å². The van der Waals surface area contributed by atoms with E-state index in [1.165, 1.54) is 0 Å². The van der Waals surface area contributed by atoms with Crippen molar-refractivity contribution >= 4 is 5.91 Å². The average Bonchev–Trinajstić information content (AvgIpc) is 2.43. The fraction of sp³-hybridized carbons (Fsp3) is 0.471. The van der Waals surface area contributed by atoms with E-state index < -0.39 is 0 Å². The van der Waals surface area contributed by atoms with Crippen LogP contribution in [0.1, 0.15) is 49.5 Å². The summed E-state index contributed by atoms with van der Waals surface area (Å²) in [7, 11) is 0. The van der Waals surface area contributed by atoms with Crippen LogP contribution in [-0.2, 0) is 0 Å². The van der Waals surface area contributed by atoms with E-state index in [0.29, 0.717) is 18.0 Å². The van der Waals surface area contributed by atoms with Crippen molar-refractivity contribution in [1.82, 2.24) is 5.32 Å². The van der Waals surface area contributed by atoms with E-state index >= 15 is 0 Å². The van der Waals surface area contributed by atoms with Gasteiger partial charge in [0, 0.05) is 11.6 Å². The van der Waals surface area contributed by atoms with Gasteiger partial charge in [-0.2, -0.15) is 0 Å². The first-order valence-corrected chi connectivity index (χ1v) is 7.13. The lowest BCUT2D eigenvalue weighted by molar-refractivity contribution is 0.0937. The molecule has 3 N–H and O–H groups in total. The molecule has 1 atom stereocenters. The topological polar surface area (TPSA) is 55.1 Å². The standard InChI is InChI=1S/C17H24N2O/c1-13(2)10-11-14(3)19-17(20)16-9-5-4-7-15(16)8-6-12-18/h4-5,7,9,13-14H,10-12,18H2,1-3H3,(H,19,20). The smallest absolute Gasteiger partial charge is 0.252 e. The molecule has 3 nitrogen and oxygen atoms in total. The maximum atomic E-state index is 12.3. The average molecular weight is 272 g/mol. The largest absolute Gasteiger partial charge is 0.350 e. The van der Waals surface area contributed by atoms with Crippen molar-refractivity contribution in [3.63, 3.8) is 0 Å². The van der Waals surface area contributed by atoms with Crippen molar-refractivity contribution in [1.29, 1.82) is 0 Å². The van der Waals surface area contributed by atoms with E-state index in [2.05, 4.69) is 31.0 Å². The second kappa shape index (κ2) is 8.39. The summed E-state index contributed by atoms with van der Waals surface area (Å²) in [6.45, 7) is 6.70. The van der Waals surface area contributed by atoms with Crippen molar-refractivity contribution in [2.45, 2.75) is 39.7 Å². The van der Waals surface area contributed by atoms with Gasteiger partial charge in [-0.25, -0.2) is 0 Å². The van der Waals surface area contributed by atoms with Crippen LogP contribution in [0.4, 0.5) is 0 Å². The van der Waals surface area contributed by atoms with Gasteiger partial charge in [0.05, 0.1) is 12.1 Å². The first-order valence-electron chi connectivity index (χ1n) is 7.13. The Bertz CT molecular complexity index is 497. The number of carbonyl (C=O) groups is 1. The third-order valence-electron chi connectivity index (χ3n) is 3.05. The van der Waals surface area contributed by atoms with E-state index in [1.54, 1.807) is 6.07 Å². The minimum Gasteiger partial charge on any atom is -0.350 e. The molecule has 1 aromatic rings. The molecular weight excluding hydrogens is 248 g/mol. The number of hydrogen-bond acceptors (Lipinski definition) is 2. The van der Waals surface area contributed by atoms with Crippen molar-refractivity contribution in [3.05, 3.63) is 35.4 Å². The lowest BCUT2D eigenvalue weighted by atomic mass is 10.0. The zero-order valence-electron chi connectivity index (χ0n) is 12.6. The predicted octanol–water partition coefficient (Wildman–Crippen LogP) is 2.55. The molecule has 1 aromatic carbocycles. The Morgan fingerprint density at radius 1 is 1.25 bits per heavy atom. The Hall–Kier alpha value is -1.79. The summed E-state index contributed by atoms with van der Waals surface area (Å²) in [5.41, 5.74) is 6.72. The van der Waals surface area contributed by atoms with Crippen molar-refractivity contribution in [2.75, 3.05) is 6.54 Å². The van der Waals surface area contributed by atoms with Gasteiger partial charge < -0.3 is 11.1 Å². The SMILES string of the molecule is CC(C)CCC(C)NC(=O)c1ccccc1C#CCN. The van der Waals surface area contributed by atoms with E-state index in [1.807, 2.05) is 25.1 Å². The number of carbonyl (C=O) groups excluding carboxylic acids is 1. The second-order valence-electron chi connectivity index (χ2n) is 5.40. The quantitative estimate of drug-likeness (QED) is 0.809. The lowest BCUT2D eigenvalue weighted by Gasteiger charge is -2.15. The minimum absolute atomic E-state index is 0.0665. The van der Waals surface area contributed by atoms with Crippen LogP contribution in [0.2, 0.25) is 0 Å². The van der Waals surface area contributed by atoms with E-state index in [0.717, 1.165) is 18.4 Å². The summed E-state index contributed by atoms with van der Waals surface area (Å²) in [4.78, 5) is 12.3. The molecule has 1 unspecified atom stereocenters. The molecule has 0 radical (unpaired) electrons. The van der Waals surface area contributed by atoms with Crippen molar-refractivity contribution < 1.29 is 4.79 Å². The van der Waals surface area contributed by atoms with Gasteiger partial charge in [0.15, 0.2) is 0 Å². The van der Waals surface area contributed by atoms with Crippen LogP contribution < -0.4 is 11.1 Å². The molecule has 0 bridgehead atoms. The zero-order chi connectivity index (χ0) is 15.0. The Balaban J connectivity index is 2.72. The monoisotopic (exact) mass is 272 g/mol. The first kappa shape index (κ1) is 16.3. The Morgan fingerprint density at radius 2 is 1.95 bits per heavy atom. The molecule has 0 saturated heterocycles. The number of hydrogen-bond donors (Lipinski definition) is 2. The molecule has 0 aromatic heterocycles. The summed E-state index contributed by atoms with van der Waals surface area (Å²) in [6.07, 6.45) is 2.09. The van der Waals surface area contributed by atoms with Crippen LogP contribution in [0.5, 0.6) is 0 Å². The highest BCUT2D eigenvalue weighted by molar-refractivity contribution is 5.96. The van der Waals surface area contributed by atoms with Crippen LogP contribution in [-0.4, -0.2) is 18.5 Å². The number of rotatable bonds is 5. The van der Waals surface area contributed by atoms with E-state index in [9.17, 15) is 4.79 Å². The molecule has 0 aliphatic carbocycles. The minimum atomic E-state index is -0.0665. The fourth-order valence-electron chi connectivity index (χ4n) is 1.89. The van der Waals surface area contributed by atoms with Gasteiger partial charge in [-0.1, -0.05) is 37.8 Å². The molecule has 20 heavy (non-hydrogen) atoms. The molecular formula is C17H24N2O. The van der Waals surface area contributed by atoms with Gasteiger partial charge >= 0.3 is 0 Å². The zero-order valence-corrected chi connectivity index (χ0v) is 12.6. The molecule has 0 heterocycles. The first-order chi connectivity index (χ1) is 9.54. The van der Waals surface area contributed by atoms with Gasteiger partial charge in [-0.3, -0.25) is 4.79 Å². The molecule has 1 amide bonds. The number of amides is 1. The summed E-state index contributed by atoms with van der Waals surface area (Å²) in [5, 5.41) is 3.03. The highest BCUT2D eigenvalue weighted by Gasteiger charge is 2.12. The van der Waals surface area contributed by atoms with Gasteiger partial charge in [0.25, 0.3) is 5.91 Å². The van der Waals surface area contributed by atoms with Gasteiger partial charge in [-0.05, 0) is 37.8 Å². The molecule has 108 valence electrons. The summed E-state index contributed by atoms with van der Waals surface area (Å²) >= 11 is 0. The van der Waals surface area contributed by atoms with E-state index in [4.69, 9.17) is 5.73 Å². The number of nitrogens with one attached hydrogen (secondary N) is 1. The lowest BCUT2D eigenvalue weighted by Crippen LogP contribution is -2.33. The van der Waals surface area contributed by atoms with Crippen LogP contribution in [0.25, 0.3) is 0 Å². The van der Waals surface area contributed by atoms with Crippen LogP contribution in [0, 0.1) is 17.8 Å².